The maximum Gasteiger partial charge on any atom is 0.271 e. The van der Waals surface area contributed by atoms with Crippen LogP contribution in [0.1, 0.15) is 34.9 Å². The fraction of sp³-hybridized carbons (Fsp3) is 0.333. The second-order valence-electron chi connectivity index (χ2n) is 6.83. The van der Waals surface area contributed by atoms with E-state index in [0.717, 1.165) is 32.4 Å². The molecule has 142 valence electrons. The van der Waals surface area contributed by atoms with Crippen molar-refractivity contribution in [2.24, 2.45) is 0 Å². The number of hydrogen-bond acceptors (Lipinski definition) is 3. The molecule has 0 aliphatic carbocycles. The van der Waals surface area contributed by atoms with Crippen LogP contribution >= 0.6 is 12.4 Å². The molecular weight excluding hydrogens is 360 g/mol. The molecule has 6 heteroatoms. The van der Waals surface area contributed by atoms with Crippen LogP contribution in [0.5, 0.6) is 0 Å². The Morgan fingerprint density at radius 3 is 2.89 bits per heavy atom. The van der Waals surface area contributed by atoms with Gasteiger partial charge in [-0.1, -0.05) is 42.5 Å². The highest BCUT2D eigenvalue weighted by molar-refractivity contribution is 5.92. The number of nitrogens with zero attached hydrogens (tertiary/aromatic N) is 2. The lowest BCUT2D eigenvalue weighted by Gasteiger charge is -2.22. The fourth-order valence-electron chi connectivity index (χ4n) is 3.63. The van der Waals surface area contributed by atoms with E-state index >= 15 is 0 Å². The van der Waals surface area contributed by atoms with Gasteiger partial charge in [0.05, 0.1) is 6.04 Å². The van der Waals surface area contributed by atoms with E-state index in [4.69, 9.17) is 0 Å². The Morgan fingerprint density at radius 1 is 1.19 bits per heavy atom. The minimum absolute atomic E-state index is 0. The molecule has 1 unspecified atom stereocenters. The van der Waals surface area contributed by atoms with Crippen molar-refractivity contribution in [3.63, 3.8) is 0 Å². The predicted molar refractivity (Wildman–Crippen MR) is 111 cm³/mol. The Morgan fingerprint density at radius 2 is 2.04 bits per heavy atom. The first-order valence-corrected chi connectivity index (χ1v) is 9.32. The molecule has 2 heterocycles. The summed E-state index contributed by atoms with van der Waals surface area (Å²) in [5.41, 5.74) is 1.75. The van der Waals surface area contributed by atoms with Crippen LogP contribution in [0.15, 0.2) is 54.7 Å². The van der Waals surface area contributed by atoms with Gasteiger partial charge in [-0.2, -0.15) is 5.10 Å². The van der Waals surface area contributed by atoms with E-state index in [1.807, 2.05) is 23.0 Å². The van der Waals surface area contributed by atoms with Gasteiger partial charge in [0.15, 0.2) is 0 Å². The van der Waals surface area contributed by atoms with E-state index in [0.29, 0.717) is 18.3 Å². The molecule has 0 spiro atoms. The van der Waals surface area contributed by atoms with Gasteiger partial charge in [0.25, 0.3) is 5.91 Å². The van der Waals surface area contributed by atoms with Crippen molar-refractivity contribution in [3.8, 4) is 0 Å². The molecule has 1 aromatic heterocycles. The standard InChI is InChI=1S/C21H24N4O.ClH/c26-21(20-11-14-25(24-20)18-8-4-12-22-15-18)23-13-10-17-7-3-6-16-5-1-2-9-19(16)17;/h1-3,5-7,9,11,14,18,22H,4,8,10,12-13,15H2,(H,23,26);1H. The number of carbonyl (C=O) groups is 1. The molecule has 4 rings (SSSR count). The molecule has 1 aliphatic heterocycles. The van der Waals surface area contributed by atoms with E-state index in [9.17, 15) is 4.79 Å². The first-order chi connectivity index (χ1) is 12.8. The van der Waals surface area contributed by atoms with Crippen molar-refractivity contribution < 1.29 is 4.79 Å². The molecule has 1 amide bonds. The zero-order chi connectivity index (χ0) is 17.8. The maximum absolute atomic E-state index is 12.4. The Kier molecular flexibility index (Phi) is 6.48. The Bertz CT molecular complexity index is 897. The normalized spacial score (nSPS) is 16.7. The van der Waals surface area contributed by atoms with Gasteiger partial charge in [-0.15, -0.1) is 12.4 Å². The van der Waals surface area contributed by atoms with Crippen molar-refractivity contribution in [3.05, 3.63) is 66.0 Å². The summed E-state index contributed by atoms with van der Waals surface area (Å²) in [6.07, 6.45) is 4.98. The van der Waals surface area contributed by atoms with Gasteiger partial charge in [-0.3, -0.25) is 9.48 Å². The summed E-state index contributed by atoms with van der Waals surface area (Å²) in [5, 5.41) is 13.3. The number of rotatable bonds is 5. The van der Waals surface area contributed by atoms with Crippen molar-refractivity contribution in [2.45, 2.75) is 25.3 Å². The molecule has 2 aromatic carbocycles. The third-order valence-corrected chi connectivity index (χ3v) is 5.05. The first kappa shape index (κ1) is 19.4. The number of benzene rings is 2. The Balaban J connectivity index is 0.00000210. The molecular formula is C21H25ClN4O. The van der Waals surface area contributed by atoms with Crippen LogP contribution in [0.4, 0.5) is 0 Å². The van der Waals surface area contributed by atoms with E-state index in [2.05, 4.69) is 52.1 Å². The molecule has 3 aromatic rings. The fourth-order valence-corrected chi connectivity index (χ4v) is 3.63. The third kappa shape index (κ3) is 4.49. The second kappa shape index (κ2) is 9.02. The average molecular weight is 385 g/mol. The molecule has 5 nitrogen and oxygen atoms in total. The van der Waals surface area contributed by atoms with Gasteiger partial charge in [-0.05, 0) is 48.2 Å². The highest BCUT2D eigenvalue weighted by Crippen LogP contribution is 2.19. The first-order valence-electron chi connectivity index (χ1n) is 9.32. The lowest BCUT2D eigenvalue weighted by Crippen LogP contribution is -2.32. The minimum Gasteiger partial charge on any atom is -0.350 e. The van der Waals surface area contributed by atoms with Crippen molar-refractivity contribution in [2.75, 3.05) is 19.6 Å². The summed E-state index contributed by atoms with van der Waals surface area (Å²) >= 11 is 0. The minimum atomic E-state index is -0.104. The Labute approximate surface area is 165 Å². The molecule has 0 saturated carbocycles. The van der Waals surface area contributed by atoms with Gasteiger partial charge >= 0.3 is 0 Å². The highest BCUT2D eigenvalue weighted by Gasteiger charge is 2.17. The molecule has 1 saturated heterocycles. The molecule has 1 aliphatic rings. The molecule has 1 fully saturated rings. The van der Waals surface area contributed by atoms with Crippen LogP contribution in [0.3, 0.4) is 0 Å². The lowest BCUT2D eigenvalue weighted by molar-refractivity contribution is 0.0948. The zero-order valence-corrected chi connectivity index (χ0v) is 16.0. The molecule has 2 N–H and O–H groups in total. The Hall–Kier alpha value is -2.37. The van der Waals surface area contributed by atoms with Crippen LogP contribution in [-0.4, -0.2) is 35.3 Å². The summed E-state index contributed by atoms with van der Waals surface area (Å²) < 4.78 is 1.92. The van der Waals surface area contributed by atoms with Crippen LogP contribution in [0, 0.1) is 0 Å². The van der Waals surface area contributed by atoms with Crippen molar-refractivity contribution >= 4 is 29.1 Å². The SMILES string of the molecule is Cl.O=C(NCCc1cccc2ccccc12)c1ccn(C2CCCNC2)n1. The van der Waals surface area contributed by atoms with E-state index in [1.165, 1.54) is 16.3 Å². The number of carbonyl (C=O) groups excluding carboxylic acids is 1. The summed E-state index contributed by atoms with van der Waals surface area (Å²) in [6.45, 7) is 2.59. The topological polar surface area (TPSA) is 59.0 Å². The number of amides is 1. The number of fused-ring (bicyclic) bond motifs is 1. The van der Waals surface area contributed by atoms with E-state index < -0.39 is 0 Å². The van der Waals surface area contributed by atoms with Gasteiger partial charge in [0.1, 0.15) is 5.69 Å². The van der Waals surface area contributed by atoms with Crippen LogP contribution < -0.4 is 10.6 Å². The summed E-state index contributed by atoms with van der Waals surface area (Å²) in [6, 6.07) is 16.8. The van der Waals surface area contributed by atoms with E-state index in [-0.39, 0.29) is 18.3 Å². The number of halogens is 1. The van der Waals surface area contributed by atoms with E-state index in [1.54, 1.807) is 0 Å². The monoisotopic (exact) mass is 384 g/mol. The largest absolute Gasteiger partial charge is 0.350 e. The smallest absolute Gasteiger partial charge is 0.271 e. The van der Waals surface area contributed by atoms with Crippen molar-refractivity contribution in [1.29, 1.82) is 0 Å². The van der Waals surface area contributed by atoms with Gasteiger partial charge in [0.2, 0.25) is 0 Å². The number of hydrogen-bond donors (Lipinski definition) is 2. The van der Waals surface area contributed by atoms with Gasteiger partial charge in [0, 0.05) is 19.3 Å². The number of piperidine rings is 1. The third-order valence-electron chi connectivity index (χ3n) is 5.05. The van der Waals surface area contributed by atoms with Gasteiger partial charge < -0.3 is 10.6 Å². The maximum atomic E-state index is 12.4. The lowest BCUT2D eigenvalue weighted by atomic mass is 10.0. The second-order valence-corrected chi connectivity index (χ2v) is 6.83. The van der Waals surface area contributed by atoms with Gasteiger partial charge in [-0.25, -0.2) is 0 Å². The predicted octanol–water partition coefficient (Wildman–Crippen LogP) is 3.36. The summed E-state index contributed by atoms with van der Waals surface area (Å²) in [5.74, 6) is -0.104. The number of nitrogens with one attached hydrogen (secondary N) is 2. The molecule has 1 atom stereocenters. The molecule has 27 heavy (non-hydrogen) atoms. The van der Waals surface area contributed by atoms with Crippen LogP contribution in [-0.2, 0) is 6.42 Å². The zero-order valence-electron chi connectivity index (χ0n) is 15.2. The molecule has 0 radical (unpaired) electrons. The summed E-state index contributed by atoms with van der Waals surface area (Å²) in [7, 11) is 0. The van der Waals surface area contributed by atoms with Crippen LogP contribution in [0.25, 0.3) is 10.8 Å². The van der Waals surface area contributed by atoms with Crippen LogP contribution in [0.2, 0.25) is 0 Å². The number of aromatic nitrogens is 2. The quantitative estimate of drug-likeness (QED) is 0.709. The van der Waals surface area contributed by atoms with Crippen molar-refractivity contribution in [1.82, 2.24) is 20.4 Å². The molecule has 0 bridgehead atoms. The highest BCUT2D eigenvalue weighted by atomic mass is 35.5. The average Bonchev–Trinajstić information content (AvgIpc) is 3.19. The summed E-state index contributed by atoms with van der Waals surface area (Å²) in [4.78, 5) is 12.4.